The molecule has 0 amide bonds. The zero-order valence-electron chi connectivity index (χ0n) is 11.8. The first kappa shape index (κ1) is 13.6. The molecule has 1 unspecified atom stereocenters. The summed E-state index contributed by atoms with van der Waals surface area (Å²) < 4.78 is 0. The molecule has 19 heavy (non-hydrogen) atoms. The van der Waals surface area contributed by atoms with Crippen molar-refractivity contribution in [3.05, 3.63) is 29.6 Å². The van der Waals surface area contributed by atoms with Gasteiger partial charge >= 0.3 is 5.97 Å². The summed E-state index contributed by atoms with van der Waals surface area (Å²) >= 11 is 0. The van der Waals surface area contributed by atoms with Gasteiger partial charge in [0.15, 0.2) is 0 Å². The predicted octanol–water partition coefficient (Wildman–Crippen LogP) is 3.12. The van der Waals surface area contributed by atoms with E-state index in [1.807, 2.05) is 18.2 Å². The van der Waals surface area contributed by atoms with Crippen molar-refractivity contribution in [2.75, 3.05) is 0 Å². The van der Waals surface area contributed by atoms with Gasteiger partial charge in [0.2, 0.25) is 0 Å². The van der Waals surface area contributed by atoms with Gasteiger partial charge in [0, 0.05) is 5.41 Å². The second-order valence-electron chi connectivity index (χ2n) is 6.13. The van der Waals surface area contributed by atoms with Crippen LogP contribution in [0.25, 0.3) is 11.0 Å². The first-order valence-corrected chi connectivity index (χ1v) is 6.49. The van der Waals surface area contributed by atoms with Crippen molar-refractivity contribution < 1.29 is 9.90 Å². The molecule has 0 spiro atoms. The van der Waals surface area contributed by atoms with Gasteiger partial charge in [-0.2, -0.15) is 0 Å². The number of benzene rings is 1. The zero-order valence-corrected chi connectivity index (χ0v) is 11.8. The van der Waals surface area contributed by atoms with E-state index in [1.54, 1.807) is 6.92 Å². The summed E-state index contributed by atoms with van der Waals surface area (Å²) in [6.45, 7) is 8.05. The minimum absolute atomic E-state index is 0.0203. The lowest BCUT2D eigenvalue weighted by molar-refractivity contribution is -0.141. The number of fused-ring (bicyclic) bond motifs is 1. The summed E-state index contributed by atoms with van der Waals surface area (Å²) in [6, 6.07) is 5.90. The molecule has 0 bridgehead atoms. The van der Waals surface area contributed by atoms with E-state index >= 15 is 0 Å². The molecule has 2 N–H and O–H groups in total. The van der Waals surface area contributed by atoms with Crippen LogP contribution in [0.2, 0.25) is 0 Å². The molecule has 0 aliphatic heterocycles. The van der Waals surface area contributed by atoms with Crippen molar-refractivity contribution in [2.45, 2.75) is 39.5 Å². The first-order chi connectivity index (χ1) is 8.77. The van der Waals surface area contributed by atoms with Crippen LogP contribution in [0.4, 0.5) is 0 Å². The normalized spacial score (nSPS) is 13.7. The highest BCUT2D eigenvalue weighted by Gasteiger charge is 2.18. The molecule has 4 nitrogen and oxygen atoms in total. The molecule has 2 rings (SSSR count). The molecular weight excluding hydrogens is 240 g/mol. The van der Waals surface area contributed by atoms with Crippen molar-refractivity contribution in [1.29, 1.82) is 0 Å². The lowest BCUT2D eigenvalue weighted by atomic mass is 9.96. The lowest BCUT2D eigenvalue weighted by Crippen LogP contribution is -2.13. The standard InChI is InChI=1S/C15H20N2O2/c1-9(13(18)19)7-10-5-6-11-12(8-10)17-14(16-11)15(2,3)4/h5-6,8-9H,7H2,1-4H3,(H,16,17)(H,18,19). The highest BCUT2D eigenvalue weighted by atomic mass is 16.4. The molecule has 4 heteroatoms. The predicted molar refractivity (Wildman–Crippen MR) is 75.3 cm³/mol. The van der Waals surface area contributed by atoms with Crippen molar-refractivity contribution in [2.24, 2.45) is 5.92 Å². The summed E-state index contributed by atoms with van der Waals surface area (Å²) in [7, 11) is 0. The molecule has 2 aromatic rings. The molecule has 0 radical (unpaired) electrons. The van der Waals surface area contributed by atoms with E-state index in [9.17, 15) is 4.79 Å². The summed E-state index contributed by atoms with van der Waals surface area (Å²) in [5.74, 6) is -0.187. The smallest absolute Gasteiger partial charge is 0.306 e. The van der Waals surface area contributed by atoms with E-state index in [-0.39, 0.29) is 11.3 Å². The molecule has 1 aromatic heterocycles. The van der Waals surface area contributed by atoms with Crippen molar-refractivity contribution in [3.8, 4) is 0 Å². The molecule has 1 atom stereocenters. The Labute approximate surface area is 112 Å². The van der Waals surface area contributed by atoms with Crippen LogP contribution in [0.3, 0.4) is 0 Å². The summed E-state index contributed by atoms with van der Waals surface area (Å²) in [5, 5.41) is 8.95. The van der Waals surface area contributed by atoms with E-state index in [4.69, 9.17) is 5.11 Å². The number of nitrogens with zero attached hydrogens (tertiary/aromatic N) is 1. The Morgan fingerprint density at radius 2 is 2.11 bits per heavy atom. The minimum atomic E-state index is -0.764. The quantitative estimate of drug-likeness (QED) is 0.891. The number of aliphatic carboxylic acids is 1. The van der Waals surface area contributed by atoms with Gasteiger partial charge in [-0.1, -0.05) is 33.8 Å². The molecule has 0 aliphatic carbocycles. The van der Waals surface area contributed by atoms with Crippen LogP contribution in [0.5, 0.6) is 0 Å². The van der Waals surface area contributed by atoms with Crippen LogP contribution >= 0.6 is 0 Å². The van der Waals surface area contributed by atoms with Crippen LogP contribution in [0, 0.1) is 5.92 Å². The van der Waals surface area contributed by atoms with E-state index in [2.05, 4.69) is 30.7 Å². The number of imidazole rings is 1. The lowest BCUT2D eigenvalue weighted by Gasteiger charge is -2.13. The minimum Gasteiger partial charge on any atom is -0.481 e. The number of hydrogen-bond acceptors (Lipinski definition) is 2. The van der Waals surface area contributed by atoms with Crippen molar-refractivity contribution >= 4 is 17.0 Å². The Kier molecular flexibility index (Phi) is 3.35. The molecule has 1 aromatic carbocycles. The average molecular weight is 260 g/mol. The third kappa shape index (κ3) is 2.95. The highest BCUT2D eigenvalue weighted by molar-refractivity contribution is 5.76. The number of nitrogens with one attached hydrogen (secondary N) is 1. The fourth-order valence-corrected chi connectivity index (χ4v) is 1.98. The molecular formula is C15H20N2O2. The second kappa shape index (κ2) is 4.68. The maximum atomic E-state index is 10.9. The van der Waals surface area contributed by atoms with E-state index in [1.165, 1.54) is 0 Å². The number of H-pyrrole nitrogens is 1. The number of carbonyl (C=O) groups is 1. The van der Waals surface area contributed by atoms with Crippen LogP contribution in [-0.4, -0.2) is 21.0 Å². The van der Waals surface area contributed by atoms with Crippen molar-refractivity contribution in [3.63, 3.8) is 0 Å². The summed E-state index contributed by atoms with van der Waals surface area (Å²) in [4.78, 5) is 18.8. The second-order valence-corrected chi connectivity index (χ2v) is 6.13. The van der Waals surface area contributed by atoms with E-state index in [0.29, 0.717) is 6.42 Å². The zero-order chi connectivity index (χ0) is 14.2. The summed E-state index contributed by atoms with van der Waals surface area (Å²) in [6.07, 6.45) is 0.537. The molecule has 0 saturated heterocycles. The number of rotatable bonds is 3. The Bertz CT molecular complexity index is 608. The average Bonchev–Trinajstić information content (AvgIpc) is 2.71. The van der Waals surface area contributed by atoms with Gasteiger partial charge in [-0.05, 0) is 24.1 Å². The van der Waals surface area contributed by atoms with Crippen LogP contribution in [0.15, 0.2) is 18.2 Å². The Morgan fingerprint density at radius 3 is 2.68 bits per heavy atom. The Hall–Kier alpha value is -1.84. The monoisotopic (exact) mass is 260 g/mol. The van der Waals surface area contributed by atoms with E-state index < -0.39 is 5.97 Å². The number of hydrogen-bond donors (Lipinski definition) is 2. The third-order valence-electron chi connectivity index (χ3n) is 3.22. The van der Waals surface area contributed by atoms with Gasteiger partial charge in [-0.3, -0.25) is 4.79 Å². The van der Waals surface area contributed by atoms with E-state index in [0.717, 1.165) is 22.4 Å². The SMILES string of the molecule is CC(Cc1ccc2nc(C(C)(C)C)[nH]c2c1)C(=O)O. The van der Waals surface area contributed by atoms with Gasteiger partial charge in [-0.15, -0.1) is 0 Å². The molecule has 0 aliphatic rings. The van der Waals surface area contributed by atoms with Gasteiger partial charge in [0.1, 0.15) is 5.82 Å². The molecule has 0 saturated carbocycles. The highest BCUT2D eigenvalue weighted by Crippen LogP contribution is 2.23. The third-order valence-corrected chi connectivity index (χ3v) is 3.22. The van der Waals surface area contributed by atoms with Crippen molar-refractivity contribution in [1.82, 2.24) is 9.97 Å². The first-order valence-electron chi connectivity index (χ1n) is 6.49. The fourth-order valence-electron chi connectivity index (χ4n) is 1.98. The number of carboxylic acid groups (broad SMARTS) is 1. The van der Waals surface area contributed by atoms with Crippen LogP contribution in [-0.2, 0) is 16.6 Å². The Morgan fingerprint density at radius 1 is 1.42 bits per heavy atom. The van der Waals surface area contributed by atoms with Gasteiger partial charge in [0.05, 0.1) is 17.0 Å². The maximum Gasteiger partial charge on any atom is 0.306 e. The van der Waals surface area contributed by atoms with Gasteiger partial charge in [0.25, 0.3) is 0 Å². The maximum absolute atomic E-state index is 10.9. The topological polar surface area (TPSA) is 66.0 Å². The Balaban J connectivity index is 2.33. The van der Waals surface area contributed by atoms with Crippen LogP contribution < -0.4 is 0 Å². The largest absolute Gasteiger partial charge is 0.481 e. The van der Waals surface area contributed by atoms with Gasteiger partial charge < -0.3 is 10.1 Å². The number of aromatic amines is 1. The molecule has 0 fully saturated rings. The molecule has 1 heterocycles. The van der Waals surface area contributed by atoms with Gasteiger partial charge in [-0.25, -0.2) is 4.98 Å². The number of aromatic nitrogens is 2. The summed E-state index contributed by atoms with van der Waals surface area (Å²) in [5.41, 5.74) is 2.90. The molecule has 102 valence electrons. The number of carboxylic acids is 1. The fraction of sp³-hybridized carbons (Fsp3) is 0.467. The van der Waals surface area contributed by atoms with Crippen LogP contribution in [0.1, 0.15) is 39.1 Å².